The summed E-state index contributed by atoms with van der Waals surface area (Å²) in [6.45, 7) is 4.35. The van der Waals surface area contributed by atoms with Crippen LogP contribution in [0.1, 0.15) is 30.3 Å². The molecule has 1 aromatic heterocycles. The van der Waals surface area contributed by atoms with Crippen LogP contribution in [-0.2, 0) is 6.42 Å². The number of ether oxygens (including phenoxy) is 1. The van der Waals surface area contributed by atoms with E-state index in [-0.39, 0.29) is 6.04 Å². The van der Waals surface area contributed by atoms with Crippen molar-refractivity contribution in [2.24, 2.45) is 5.73 Å². The second-order valence-electron chi connectivity index (χ2n) is 4.23. The number of benzene rings is 1. The quantitative estimate of drug-likeness (QED) is 0.874. The van der Waals surface area contributed by atoms with E-state index >= 15 is 0 Å². The maximum atomic E-state index is 5.63. The zero-order chi connectivity index (χ0) is 13.0. The zero-order valence-corrected chi connectivity index (χ0v) is 10.6. The molecule has 0 saturated heterocycles. The van der Waals surface area contributed by atoms with E-state index in [4.69, 9.17) is 14.9 Å². The maximum absolute atomic E-state index is 5.63. The molecule has 1 atom stereocenters. The van der Waals surface area contributed by atoms with Gasteiger partial charge in [0.25, 0.3) is 0 Å². The molecule has 0 saturated carbocycles. The fourth-order valence-corrected chi connectivity index (χ4v) is 1.44. The smallest absolute Gasteiger partial charge is 0.232 e. The number of nitrogens with zero attached hydrogens (tertiary/aromatic N) is 2. The third-order valence-corrected chi connectivity index (χ3v) is 2.48. The molecule has 0 aliphatic heterocycles. The molecule has 0 aliphatic rings. The molecule has 2 rings (SSSR count). The van der Waals surface area contributed by atoms with Crippen LogP contribution in [-0.4, -0.2) is 16.8 Å². The second-order valence-corrected chi connectivity index (χ2v) is 4.23. The van der Waals surface area contributed by atoms with Gasteiger partial charge in [-0.15, -0.1) is 10.2 Å². The normalized spacial score (nSPS) is 12.4. The standard InChI is InChI=1S/C13H17N3O2/c1-9-3-5-11(6-4-9)17-8-7-12-15-16-13(18-12)10(2)14/h3-6,10H,7-8,14H2,1-2H3. The molecule has 0 bridgehead atoms. The molecule has 0 amide bonds. The Kier molecular flexibility index (Phi) is 3.94. The molecule has 0 aliphatic carbocycles. The van der Waals surface area contributed by atoms with Crippen LogP contribution < -0.4 is 10.5 Å². The molecule has 18 heavy (non-hydrogen) atoms. The monoisotopic (exact) mass is 247 g/mol. The van der Waals surface area contributed by atoms with Crippen molar-refractivity contribution in [3.63, 3.8) is 0 Å². The van der Waals surface area contributed by atoms with Gasteiger partial charge < -0.3 is 14.9 Å². The first-order chi connectivity index (χ1) is 8.65. The van der Waals surface area contributed by atoms with Gasteiger partial charge in [-0.1, -0.05) is 17.7 Å². The molecule has 0 spiro atoms. The lowest BCUT2D eigenvalue weighted by Crippen LogP contribution is -2.04. The Hall–Kier alpha value is -1.88. The van der Waals surface area contributed by atoms with E-state index in [0.29, 0.717) is 24.8 Å². The van der Waals surface area contributed by atoms with Gasteiger partial charge >= 0.3 is 0 Å². The molecule has 5 nitrogen and oxygen atoms in total. The third-order valence-electron chi connectivity index (χ3n) is 2.48. The Balaban J connectivity index is 1.82. The molecule has 0 fully saturated rings. The van der Waals surface area contributed by atoms with E-state index in [0.717, 1.165) is 5.75 Å². The molecule has 96 valence electrons. The van der Waals surface area contributed by atoms with Crippen LogP contribution >= 0.6 is 0 Å². The van der Waals surface area contributed by atoms with Crippen LogP contribution in [0.2, 0.25) is 0 Å². The van der Waals surface area contributed by atoms with Crippen LogP contribution in [0.3, 0.4) is 0 Å². The maximum Gasteiger partial charge on any atom is 0.232 e. The van der Waals surface area contributed by atoms with Gasteiger partial charge in [-0.2, -0.15) is 0 Å². The van der Waals surface area contributed by atoms with Crippen LogP contribution in [0, 0.1) is 6.92 Å². The topological polar surface area (TPSA) is 74.2 Å². The van der Waals surface area contributed by atoms with Gasteiger partial charge in [0.05, 0.1) is 19.1 Å². The number of hydrogen-bond donors (Lipinski definition) is 1. The summed E-state index contributed by atoms with van der Waals surface area (Å²) >= 11 is 0. The van der Waals surface area contributed by atoms with Crippen molar-refractivity contribution >= 4 is 0 Å². The summed E-state index contributed by atoms with van der Waals surface area (Å²) in [5.41, 5.74) is 6.84. The average Bonchev–Trinajstić information content (AvgIpc) is 2.81. The Morgan fingerprint density at radius 2 is 2.00 bits per heavy atom. The van der Waals surface area contributed by atoms with Crippen LogP contribution in [0.15, 0.2) is 28.7 Å². The van der Waals surface area contributed by atoms with Crippen LogP contribution in [0.5, 0.6) is 5.75 Å². The fraction of sp³-hybridized carbons (Fsp3) is 0.385. The minimum atomic E-state index is -0.232. The van der Waals surface area contributed by atoms with Crippen molar-refractivity contribution in [3.8, 4) is 5.75 Å². The summed E-state index contributed by atoms with van der Waals surface area (Å²) in [6, 6.07) is 7.67. The van der Waals surface area contributed by atoms with Crippen LogP contribution in [0.25, 0.3) is 0 Å². The number of aryl methyl sites for hydroxylation is 1. The van der Waals surface area contributed by atoms with Crippen molar-refractivity contribution in [2.75, 3.05) is 6.61 Å². The van der Waals surface area contributed by atoms with Crippen molar-refractivity contribution < 1.29 is 9.15 Å². The second kappa shape index (κ2) is 5.64. The van der Waals surface area contributed by atoms with Gasteiger partial charge in [0.1, 0.15) is 5.75 Å². The van der Waals surface area contributed by atoms with E-state index in [9.17, 15) is 0 Å². The Morgan fingerprint density at radius 1 is 1.28 bits per heavy atom. The summed E-state index contributed by atoms with van der Waals surface area (Å²) in [5.74, 6) is 1.85. The van der Waals surface area contributed by atoms with Gasteiger partial charge in [0, 0.05) is 0 Å². The SMILES string of the molecule is Cc1ccc(OCCc2nnc(C(C)N)o2)cc1. The highest BCUT2D eigenvalue weighted by Gasteiger charge is 2.09. The Morgan fingerprint density at radius 3 is 2.61 bits per heavy atom. The highest BCUT2D eigenvalue weighted by Crippen LogP contribution is 2.12. The predicted octanol–water partition coefficient (Wildman–Crippen LogP) is 2.02. The summed E-state index contributed by atoms with van der Waals surface area (Å²) in [5, 5.41) is 7.76. The molecule has 1 unspecified atom stereocenters. The molecule has 5 heteroatoms. The van der Waals surface area contributed by atoms with Gasteiger partial charge in [-0.25, -0.2) is 0 Å². The van der Waals surface area contributed by atoms with Crippen LogP contribution in [0.4, 0.5) is 0 Å². The minimum Gasteiger partial charge on any atom is -0.493 e. The third kappa shape index (κ3) is 3.30. The summed E-state index contributed by atoms with van der Waals surface area (Å²) < 4.78 is 11.0. The molecular weight excluding hydrogens is 230 g/mol. The van der Waals surface area contributed by atoms with Crippen molar-refractivity contribution in [3.05, 3.63) is 41.6 Å². The first-order valence-corrected chi connectivity index (χ1v) is 5.92. The van der Waals surface area contributed by atoms with E-state index < -0.39 is 0 Å². The first kappa shape index (κ1) is 12.6. The number of rotatable bonds is 5. The largest absolute Gasteiger partial charge is 0.493 e. The van der Waals surface area contributed by atoms with Gasteiger partial charge in [-0.3, -0.25) is 0 Å². The first-order valence-electron chi connectivity index (χ1n) is 5.92. The zero-order valence-electron chi connectivity index (χ0n) is 10.6. The number of hydrogen-bond acceptors (Lipinski definition) is 5. The summed E-state index contributed by atoms with van der Waals surface area (Å²) in [7, 11) is 0. The van der Waals surface area contributed by atoms with Gasteiger partial charge in [0.15, 0.2) is 0 Å². The lowest BCUT2D eigenvalue weighted by molar-refractivity contribution is 0.302. The minimum absolute atomic E-state index is 0.232. The number of aromatic nitrogens is 2. The average molecular weight is 247 g/mol. The highest BCUT2D eigenvalue weighted by atomic mass is 16.5. The van der Waals surface area contributed by atoms with Gasteiger partial charge in [0.2, 0.25) is 11.8 Å². The van der Waals surface area contributed by atoms with E-state index in [1.54, 1.807) is 6.92 Å². The molecule has 0 radical (unpaired) electrons. The predicted molar refractivity (Wildman–Crippen MR) is 67.3 cm³/mol. The highest BCUT2D eigenvalue weighted by molar-refractivity contribution is 5.26. The Labute approximate surface area is 106 Å². The summed E-state index contributed by atoms with van der Waals surface area (Å²) in [6.07, 6.45) is 0.577. The number of nitrogens with two attached hydrogens (primary N) is 1. The molecule has 2 aromatic rings. The lowest BCUT2D eigenvalue weighted by Gasteiger charge is -2.04. The molecule has 1 heterocycles. The lowest BCUT2D eigenvalue weighted by atomic mass is 10.2. The molecule has 1 aromatic carbocycles. The van der Waals surface area contributed by atoms with E-state index in [1.807, 2.05) is 31.2 Å². The van der Waals surface area contributed by atoms with Crippen molar-refractivity contribution in [1.29, 1.82) is 0 Å². The van der Waals surface area contributed by atoms with Gasteiger partial charge in [-0.05, 0) is 26.0 Å². The fourth-order valence-electron chi connectivity index (χ4n) is 1.44. The van der Waals surface area contributed by atoms with E-state index in [1.165, 1.54) is 5.56 Å². The summed E-state index contributed by atoms with van der Waals surface area (Å²) in [4.78, 5) is 0. The molecular formula is C13H17N3O2. The van der Waals surface area contributed by atoms with Crippen molar-refractivity contribution in [2.45, 2.75) is 26.3 Å². The Bertz CT molecular complexity index is 491. The van der Waals surface area contributed by atoms with Crippen molar-refractivity contribution in [1.82, 2.24) is 10.2 Å². The molecule has 2 N–H and O–H groups in total. The van der Waals surface area contributed by atoms with E-state index in [2.05, 4.69) is 10.2 Å².